The van der Waals surface area contributed by atoms with Gasteiger partial charge in [-0.25, -0.2) is 4.98 Å². The molecule has 1 aliphatic rings. The van der Waals surface area contributed by atoms with Gasteiger partial charge in [-0.15, -0.1) is 0 Å². The summed E-state index contributed by atoms with van der Waals surface area (Å²) < 4.78 is 31.1. The number of aromatic amines is 1. The third kappa shape index (κ3) is 21.2. The third-order valence-electron chi connectivity index (χ3n) is 14.6. The van der Waals surface area contributed by atoms with Crippen LogP contribution >= 0.6 is 0 Å². The molecule has 0 radical (unpaired) electrons. The summed E-state index contributed by atoms with van der Waals surface area (Å²) in [7, 11) is -1.22. The summed E-state index contributed by atoms with van der Waals surface area (Å²) in [6.45, 7) is 11.9. The molecular weight excluding hydrogens is 1020 g/mol. The number of amides is 7. The topological polar surface area (TPSA) is 293 Å². The van der Waals surface area contributed by atoms with Gasteiger partial charge in [0.25, 0.3) is 10.1 Å². The minimum absolute atomic E-state index is 0.00366. The van der Waals surface area contributed by atoms with Crippen LogP contribution in [-0.2, 0) is 63.1 Å². The maximum atomic E-state index is 14.9. The first-order valence-corrected chi connectivity index (χ1v) is 29.1. The Balaban J connectivity index is 1.48. The Morgan fingerprint density at radius 2 is 1.54 bits per heavy atom. The molecule has 1 fully saturated rings. The number of pyridine rings is 1. The molecule has 0 saturated carbocycles. The van der Waals surface area contributed by atoms with E-state index in [1.807, 2.05) is 77.9 Å². The molecule has 432 valence electrons. The molecule has 3 aromatic rings. The number of likely N-dealkylation sites (tertiary alicyclic amines) is 1. The van der Waals surface area contributed by atoms with E-state index in [1.165, 1.54) is 30.2 Å². The molecule has 2 aromatic heterocycles. The van der Waals surface area contributed by atoms with Crippen molar-refractivity contribution in [1.29, 1.82) is 0 Å². The highest BCUT2D eigenvalue weighted by Gasteiger charge is 2.40. The number of imidazole rings is 1. The van der Waals surface area contributed by atoms with Crippen molar-refractivity contribution in [2.75, 3.05) is 32.9 Å². The van der Waals surface area contributed by atoms with Crippen LogP contribution in [0.3, 0.4) is 0 Å². The van der Waals surface area contributed by atoms with E-state index < -0.39 is 81.7 Å². The van der Waals surface area contributed by atoms with Crippen molar-refractivity contribution in [1.82, 2.24) is 50.9 Å². The number of unbranched alkanes of at least 4 members (excludes halogenated alkanes) is 3. The molecule has 22 heteroatoms. The van der Waals surface area contributed by atoms with E-state index >= 15 is 0 Å². The van der Waals surface area contributed by atoms with Gasteiger partial charge in [-0.3, -0.25) is 43.1 Å². The van der Waals surface area contributed by atoms with Gasteiger partial charge in [-0.2, -0.15) is 8.42 Å². The number of carbonyl (C=O) groups is 7. The average Bonchev–Trinajstić information content (AvgIpc) is 4.14. The molecule has 8 atom stereocenters. The zero-order valence-corrected chi connectivity index (χ0v) is 47.7. The van der Waals surface area contributed by atoms with Crippen LogP contribution in [0.2, 0.25) is 0 Å². The molecule has 4 rings (SSSR count). The summed E-state index contributed by atoms with van der Waals surface area (Å²) in [6.07, 6.45) is 8.07. The monoisotopic (exact) mass is 1110 g/mol. The van der Waals surface area contributed by atoms with Gasteiger partial charge < -0.3 is 46.1 Å². The first kappa shape index (κ1) is 64.3. The van der Waals surface area contributed by atoms with Crippen molar-refractivity contribution in [3.05, 3.63) is 84.2 Å². The summed E-state index contributed by atoms with van der Waals surface area (Å²) in [4.78, 5) is 113. The number of carbonyl (C=O) groups excluding carboxylic acids is 7. The first-order chi connectivity index (χ1) is 37.0. The number of nitrogens with one attached hydrogen (secondary N) is 5. The van der Waals surface area contributed by atoms with Gasteiger partial charge in [0, 0.05) is 76.9 Å². The number of hydrogen-bond donors (Lipinski definition) is 7. The van der Waals surface area contributed by atoms with E-state index in [0.717, 1.165) is 5.56 Å². The van der Waals surface area contributed by atoms with Crippen molar-refractivity contribution in [2.24, 2.45) is 23.7 Å². The maximum absolute atomic E-state index is 14.9. The Morgan fingerprint density at radius 1 is 0.846 bits per heavy atom. The van der Waals surface area contributed by atoms with E-state index in [9.17, 15) is 47.1 Å². The second kappa shape index (κ2) is 32.0. The minimum atomic E-state index is -4.19. The molecule has 7 N–H and O–H groups in total. The van der Waals surface area contributed by atoms with Gasteiger partial charge in [-0.05, 0) is 74.0 Å². The number of aliphatic hydroxyl groups excluding tert-OH is 1. The first-order valence-electron chi connectivity index (χ1n) is 27.5. The highest BCUT2D eigenvalue weighted by Crippen LogP contribution is 2.25. The number of aliphatic hydroxyl groups is 1. The molecule has 1 aromatic carbocycles. The Morgan fingerprint density at radius 3 is 2.15 bits per heavy atom. The number of rotatable bonds is 33. The zero-order valence-electron chi connectivity index (χ0n) is 46.9. The van der Waals surface area contributed by atoms with E-state index in [4.69, 9.17) is 4.55 Å². The summed E-state index contributed by atoms with van der Waals surface area (Å²) in [6, 6.07) is 9.65. The fraction of sp³-hybridized carbons (Fsp3) is 0.625. The lowest BCUT2D eigenvalue weighted by Gasteiger charge is -2.35. The van der Waals surface area contributed by atoms with Crippen LogP contribution < -0.4 is 21.3 Å². The van der Waals surface area contributed by atoms with Crippen molar-refractivity contribution in [2.45, 2.75) is 168 Å². The lowest BCUT2D eigenvalue weighted by atomic mass is 9.85. The van der Waals surface area contributed by atoms with Crippen LogP contribution in [-0.4, -0.2) is 158 Å². The average molecular weight is 1110 g/mol. The standard InChI is InChI=1S/C56H86N10O11S/c1-9-39(6)51(55(73)59-35-41-22-17-18-26-58-41)63-52(70)43(38(4)5)33-48(67)44(30-37(2)3)61-54(72)47(32-42-34-57-36-60-42)65(8)56(74)45(31-40-20-13-12-14-21-40)62-53(71)46-23-19-27-66(46)50(69)25-16-11-10-15-24-49(68)64(7)28-29-78(75,76)77/h12-14,17-18,20-22,26,34,36-39,43-48,51,67H,9-11,15-16,19,23-25,27-33,35H2,1-8H3,(H,57,60)(H,59,73)(H,61,72)(H,62,71)(H,63,70)(H,75,76,77)/t39-,43-,44-,45-,46-,47-,48?,51-/m0/s1. The number of benzene rings is 1. The van der Waals surface area contributed by atoms with Gasteiger partial charge in [0.1, 0.15) is 24.2 Å². The highest BCUT2D eigenvalue weighted by atomic mass is 32.2. The number of H-pyrrole nitrogens is 1. The predicted octanol–water partition coefficient (Wildman–Crippen LogP) is 3.98. The van der Waals surface area contributed by atoms with Crippen LogP contribution in [0, 0.1) is 23.7 Å². The van der Waals surface area contributed by atoms with Gasteiger partial charge in [0.05, 0.1) is 36.5 Å². The SMILES string of the molecule is CC[C@H](C)[C@H](NC(=O)[C@@H](CC(O)[C@H](CC(C)C)NC(=O)[C@H](Cc1cnc[nH]1)N(C)C(=O)[C@H](Cc1ccccc1)NC(=O)[C@@H]1CCCN1C(=O)CCCCCCC(=O)N(C)CCS(=O)(=O)O)C(C)C)C(=O)NCc1ccccn1. The maximum Gasteiger partial charge on any atom is 0.266 e. The van der Waals surface area contributed by atoms with Gasteiger partial charge >= 0.3 is 0 Å². The molecule has 3 heterocycles. The molecule has 78 heavy (non-hydrogen) atoms. The van der Waals surface area contributed by atoms with Gasteiger partial charge in [-0.1, -0.05) is 97.2 Å². The Bertz CT molecular complexity index is 2480. The van der Waals surface area contributed by atoms with Crippen molar-refractivity contribution >= 4 is 51.5 Å². The smallest absolute Gasteiger partial charge is 0.266 e. The predicted molar refractivity (Wildman–Crippen MR) is 295 cm³/mol. The van der Waals surface area contributed by atoms with Gasteiger partial charge in [0.2, 0.25) is 41.4 Å². The van der Waals surface area contributed by atoms with Crippen LogP contribution in [0.25, 0.3) is 0 Å². The summed E-state index contributed by atoms with van der Waals surface area (Å²) in [5.74, 6) is -4.65. The summed E-state index contributed by atoms with van der Waals surface area (Å²) >= 11 is 0. The van der Waals surface area contributed by atoms with Crippen LogP contribution in [0.1, 0.15) is 129 Å². The number of aromatic nitrogens is 3. The lowest BCUT2D eigenvalue weighted by molar-refractivity contribution is -0.144. The largest absolute Gasteiger partial charge is 0.391 e. The molecule has 0 spiro atoms. The van der Waals surface area contributed by atoms with Crippen LogP contribution in [0.5, 0.6) is 0 Å². The zero-order chi connectivity index (χ0) is 57.5. The van der Waals surface area contributed by atoms with Gasteiger partial charge in [0.15, 0.2) is 0 Å². The molecule has 1 unspecified atom stereocenters. The second-order valence-electron chi connectivity index (χ2n) is 21.6. The molecule has 7 amide bonds. The van der Waals surface area contributed by atoms with E-state index in [1.54, 1.807) is 29.4 Å². The third-order valence-corrected chi connectivity index (χ3v) is 15.3. The Labute approximate surface area is 461 Å². The molecule has 1 saturated heterocycles. The van der Waals surface area contributed by atoms with E-state index in [-0.39, 0.29) is 80.7 Å². The number of nitrogens with zero attached hydrogens (tertiary/aromatic N) is 5. The second-order valence-corrected chi connectivity index (χ2v) is 23.1. The molecule has 21 nitrogen and oxygen atoms in total. The summed E-state index contributed by atoms with van der Waals surface area (Å²) in [5, 5.41) is 23.9. The quantitative estimate of drug-likeness (QED) is 0.0336. The molecule has 1 aliphatic heterocycles. The molecular formula is C56H86N10O11S. The van der Waals surface area contributed by atoms with Crippen LogP contribution in [0.4, 0.5) is 0 Å². The van der Waals surface area contributed by atoms with E-state index in [2.05, 4.69) is 36.2 Å². The van der Waals surface area contributed by atoms with Crippen LogP contribution in [0.15, 0.2) is 67.3 Å². The number of likely N-dealkylation sites (N-methyl/N-ethyl adjacent to an activating group) is 1. The van der Waals surface area contributed by atoms with Crippen molar-refractivity contribution < 1.29 is 51.6 Å². The Hall–Kier alpha value is -6.26. The molecule has 0 bridgehead atoms. The number of hydrogen-bond acceptors (Lipinski definition) is 12. The highest BCUT2D eigenvalue weighted by molar-refractivity contribution is 7.85. The van der Waals surface area contributed by atoms with Crippen molar-refractivity contribution in [3.8, 4) is 0 Å². The minimum Gasteiger partial charge on any atom is -0.391 e. The Kier molecular flexibility index (Phi) is 26.3. The fourth-order valence-corrected chi connectivity index (χ4v) is 10.1. The summed E-state index contributed by atoms with van der Waals surface area (Å²) in [5.41, 5.74) is 1.96. The molecule has 0 aliphatic carbocycles. The fourth-order valence-electron chi connectivity index (χ4n) is 9.64. The van der Waals surface area contributed by atoms with E-state index in [0.29, 0.717) is 69.3 Å². The normalized spacial score (nSPS) is 16.3. The van der Waals surface area contributed by atoms with Crippen molar-refractivity contribution in [3.63, 3.8) is 0 Å². The lowest BCUT2D eigenvalue weighted by Crippen LogP contribution is -2.59.